The molecule has 0 saturated heterocycles. The lowest BCUT2D eigenvalue weighted by molar-refractivity contribution is 0.252. The molecule has 0 aliphatic heterocycles. The van der Waals surface area contributed by atoms with Gasteiger partial charge in [0, 0.05) is 36.1 Å². The van der Waals surface area contributed by atoms with E-state index in [0.717, 1.165) is 0 Å². The quantitative estimate of drug-likeness (QED) is 0.820. The molecule has 2 N–H and O–H groups in total. The molecule has 0 radical (unpaired) electrons. The van der Waals surface area contributed by atoms with E-state index in [1.54, 1.807) is 36.5 Å². The van der Waals surface area contributed by atoms with Crippen molar-refractivity contribution in [1.82, 2.24) is 9.88 Å². The van der Waals surface area contributed by atoms with Crippen molar-refractivity contribution in [3.05, 3.63) is 63.0 Å². The maximum atomic E-state index is 11.7. The van der Waals surface area contributed by atoms with Gasteiger partial charge < -0.3 is 15.2 Å². The first kappa shape index (κ1) is 16.4. The van der Waals surface area contributed by atoms with E-state index in [4.69, 9.17) is 23.2 Å². The molecule has 0 unspecified atom stereocenters. The summed E-state index contributed by atoms with van der Waals surface area (Å²) in [7, 11) is 0. The maximum absolute atomic E-state index is 11.7. The van der Waals surface area contributed by atoms with Crippen LogP contribution >= 0.6 is 23.2 Å². The van der Waals surface area contributed by atoms with Crippen molar-refractivity contribution in [3.63, 3.8) is 0 Å². The van der Waals surface area contributed by atoms with Crippen molar-refractivity contribution in [3.8, 4) is 0 Å². The topological polar surface area (TPSA) is 63.1 Å². The SMILES string of the molecule is O=C(NCCCn1cc(Cl)ccc1=O)Nc1ccc(Cl)cc1. The van der Waals surface area contributed by atoms with E-state index in [1.807, 2.05) is 0 Å². The minimum atomic E-state index is -0.305. The van der Waals surface area contributed by atoms with Crippen molar-refractivity contribution in [2.75, 3.05) is 11.9 Å². The summed E-state index contributed by atoms with van der Waals surface area (Å²) < 4.78 is 1.51. The number of nitrogens with one attached hydrogen (secondary N) is 2. The Morgan fingerprint density at radius 3 is 2.45 bits per heavy atom. The molecule has 7 heteroatoms. The van der Waals surface area contributed by atoms with Crippen molar-refractivity contribution < 1.29 is 4.79 Å². The Morgan fingerprint density at radius 2 is 1.73 bits per heavy atom. The van der Waals surface area contributed by atoms with Gasteiger partial charge >= 0.3 is 6.03 Å². The number of carbonyl (C=O) groups excluding carboxylic acids is 1. The molecule has 0 saturated carbocycles. The Hall–Kier alpha value is -1.98. The Balaban J connectivity index is 1.74. The summed E-state index contributed by atoms with van der Waals surface area (Å²) in [6.45, 7) is 0.930. The molecule has 2 aromatic rings. The number of amides is 2. The summed E-state index contributed by atoms with van der Waals surface area (Å²) in [5, 5.41) is 6.53. The summed E-state index contributed by atoms with van der Waals surface area (Å²) in [5.41, 5.74) is 0.544. The van der Waals surface area contributed by atoms with E-state index in [9.17, 15) is 9.59 Å². The maximum Gasteiger partial charge on any atom is 0.319 e. The minimum Gasteiger partial charge on any atom is -0.338 e. The highest BCUT2D eigenvalue weighted by Gasteiger charge is 2.02. The van der Waals surface area contributed by atoms with Gasteiger partial charge in [-0.15, -0.1) is 0 Å². The number of anilines is 1. The molecule has 1 aromatic heterocycles. The van der Waals surface area contributed by atoms with E-state index in [0.29, 0.717) is 35.2 Å². The number of aryl methyl sites for hydroxylation is 1. The molecular formula is C15H15Cl2N3O2. The third kappa shape index (κ3) is 5.09. The van der Waals surface area contributed by atoms with Gasteiger partial charge in [0.15, 0.2) is 0 Å². The van der Waals surface area contributed by atoms with Crippen LogP contribution in [-0.4, -0.2) is 17.1 Å². The molecule has 2 rings (SSSR count). The molecule has 116 valence electrons. The van der Waals surface area contributed by atoms with Gasteiger partial charge in [-0.3, -0.25) is 4.79 Å². The fourth-order valence-corrected chi connectivity index (χ4v) is 2.14. The molecule has 0 atom stereocenters. The molecule has 5 nitrogen and oxygen atoms in total. The third-order valence-corrected chi connectivity index (χ3v) is 3.39. The van der Waals surface area contributed by atoms with Crippen LogP contribution in [0.3, 0.4) is 0 Å². The van der Waals surface area contributed by atoms with E-state index in [-0.39, 0.29) is 11.6 Å². The van der Waals surface area contributed by atoms with Crippen LogP contribution in [0.4, 0.5) is 10.5 Å². The lowest BCUT2D eigenvalue weighted by atomic mass is 10.3. The van der Waals surface area contributed by atoms with Crippen molar-refractivity contribution in [2.24, 2.45) is 0 Å². The summed E-state index contributed by atoms with van der Waals surface area (Å²) in [5.74, 6) is 0. The smallest absolute Gasteiger partial charge is 0.319 e. The van der Waals surface area contributed by atoms with Gasteiger partial charge in [-0.05, 0) is 36.8 Å². The Labute approximate surface area is 137 Å². The molecule has 22 heavy (non-hydrogen) atoms. The molecule has 0 aliphatic rings. The number of urea groups is 1. The van der Waals surface area contributed by atoms with Gasteiger partial charge in [-0.2, -0.15) is 0 Å². The van der Waals surface area contributed by atoms with Gasteiger partial charge in [0.25, 0.3) is 5.56 Å². The number of nitrogens with zero attached hydrogens (tertiary/aromatic N) is 1. The van der Waals surface area contributed by atoms with Crippen LogP contribution in [0.5, 0.6) is 0 Å². The summed E-state index contributed by atoms with van der Waals surface area (Å²) >= 11 is 11.6. The Morgan fingerprint density at radius 1 is 1.05 bits per heavy atom. The fraction of sp³-hybridized carbons (Fsp3) is 0.200. The van der Waals surface area contributed by atoms with Crippen LogP contribution in [0.2, 0.25) is 10.0 Å². The van der Waals surface area contributed by atoms with Crippen LogP contribution < -0.4 is 16.2 Å². The first-order valence-electron chi connectivity index (χ1n) is 6.71. The number of rotatable bonds is 5. The average molecular weight is 340 g/mol. The average Bonchev–Trinajstić information content (AvgIpc) is 2.49. The van der Waals surface area contributed by atoms with Crippen LogP contribution in [-0.2, 0) is 6.54 Å². The predicted octanol–water partition coefficient (Wildman–Crippen LogP) is 3.37. The Bertz CT molecular complexity index is 699. The molecular weight excluding hydrogens is 325 g/mol. The van der Waals surface area contributed by atoms with E-state index in [2.05, 4.69) is 10.6 Å². The normalized spacial score (nSPS) is 10.3. The highest BCUT2D eigenvalue weighted by molar-refractivity contribution is 6.30. The van der Waals surface area contributed by atoms with Crippen LogP contribution in [0, 0.1) is 0 Å². The molecule has 0 aliphatic carbocycles. The zero-order chi connectivity index (χ0) is 15.9. The second-order valence-corrected chi connectivity index (χ2v) is 5.49. The molecule has 0 fully saturated rings. The second-order valence-electron chi connectivity index (χ2n) is 4.62. The predicted molar refractivity (Wildman–Crippen MR) is 88.8 cm³/mol. The highest BCUT2D eigenvalue weighted by Crippen LogP contribution is 2.13. The van der Waals surface area contributed by atoms with Gasteiger partial charge in [0.2, 0.25) is 0 Å². The van der Waals surface area contributed by atoms with Crippen molar-refractivity contribution >= 4 is 34.9 Å². The summed E-state index contributed by atoms with van der Waals surface area (Å²) in [6.07, 6.45) is 2.20. The Kier molecular flexibility index (Phi) is 5.86. The van der Waals surface area contributed by atoms with Crippen molar-refractivity contribution in [1.29, 1.82) is 0 Å². The number of halogens is 2. The van der Waals surface area contributed by atoms with Gasteiger partial charge in [-0.25, -0.2) is 4.79 Å². The highest BCUT2D eigenvalue weighted by atomic mass is 35.5. The molecule has 1 heterocycles. The molecule has 0 spiro atoms. The standard InChI is InChI=1S/C15H15Cl2N3O2/c16-11-2-5-13(6-3-11)19-15(22)18-8-1-9-20-10-12(17)4-7-14(20)21/h2-7,10H,1,8-9H2,(H2,18,19,22). The summed E-state index contributed by atoms with van der Waals surface area (Å²) in [6, 6.07) is 9.49. The van der Waals surface area contributed by atoms with Gasteiger partial charge in [0.05, 0.1) is 5.02 Å². The fourth-order valence-electron chi connectivity index (χ4n) is 1.84. The second kappa shape index (κ2) is 7.87. The lowest BCUT2D eigenvalue weighted by Crippen LogP contribution is -2.30. The number of benzene rings is 1. The van der Waals surface area contributed by atoms with Crippen LogP contribution in [0.1, 0.15) is 6.42 Å². The zero-order valence-electron chi connectivity index (χ0n) is 11.7. The third-order valence-electron chi connectivity index (χ3n) is 2.91. The van der Waals surface area contributed by atoms with Crippen LogP contribution in [0.25, 0.3) is 0 Å². The lowest BCUT2D eigenvalue weighted by Gasteiger charge is -2.09. The number of carbonyl (C=O) groups is 1. The van der Waals surface area contributed by atoms with Gasteiger partial charge in [0.1, 0.15) is 0 Å². The minimum absolute atomic E-state index is 0.116. The monoisotopic (exact) mass is 339 g/mol. The number of pyridine rings is 1. The van der Waals surface area contributed by atoms with Crippen molar-refractivity contribution in [2.45, 2.75) is 13.0 Å². The largest absolute Gasteiger partial charge is 0.338 e. The van der Waals surface area contributed by atoms with E-state index < -0.39 is 0 Å². The molecule has 0 bridgehead atoms. The van der Waals surface area contributed by atoms with Gasteiger partial charge in [-0.1, -0.05) is 23.2 Å². The molecule has 2 amide bonds. The van der Waals surface area contributed by atoms with E-state index >= 15 is 0 Å². The zero-order valence-corrected chi connectivity index (χ0v) is 13.2. The van der Waals surface area contributed by atoms with E-state index in [1.165, 1.54) is 10.6 Å². The number of hydrogen-bond donors (Lipinski definition) is 2. The van der Waals surface area contributed by atoms with Crippen LogP contribution in [0.15, 0.2) is 47.4 Å². The number of aromatic nitrogens is 1. The first-order chi connectivity index (χ1) is 10.5. The summed E-state index contributed by atoms with van der Waals surface area (Å²) in [4.78, 5) is 23.2. The first-order valence-corrected chi connectivity index (χ1v) is 7.46. The molecule has 1 aromatic carbocycles. The number of hydrogen-bond acceptors (Lipinski definition) is 2.